The van der Waals surface area contributed by atoms with Gasteiger partial charge >= 0.3 is 0 Å². The van der Waals surface area contributed by atoms with Gasteiger partial charge in [0, 0.05) is 43.4 Å². The number of Topliss-reactive ketones (excluding diaryl/α,β-unsaturated/α-hetero) is 2. The van der Waals surface area contributed by atoms with Crippen LogP contribution in [0.3, 0.4) is 0 Å². The zero-order valence-electron chi connectivity index (χ0n) is 23.9. The van der Waals surface area contributed by atoms with E-state index in [0.29, 0.717) is 23.6 Å². The van der Waals surface area contributed by atoms with E-state index in [-0.39, 0.29) is 29.7 Å². The average Bonchev–Trinajstić information content (AvgIpc) is 2.86. The molecule has 0 bridgehead atoms. The molecule has 1 unspecified atom stereocenters. The number of phenols is 1. The number of primary amides is 1. The van der Waals surface area contributed by atoms with E-state index in [1.165, 1.54) is 4.90 Å². The van der Waals surface area contributed by atoms with Crippen molar-refractivity contribution in [1.29, 1.82) is 0 Å². The Hall–Kier alpha value is -3.41. The molecule has 1 amide bonds. The molecule has 4 rings (SSSR count). The lowest BCUT2D eigenvalue weighted by Gasteiger charge is -2.50. The Kier molecular flexibility index (Phi) is 7.78. The van der Waals surface area contributed by atoms with E-state index in [1.807, 2.05) is 25.1 Å². The van der Waals surface area contributed by atoms with Crippen molar-refractivity contribution >= 4 is 28.9 Å². The number of nitrogens with zero attached hydrogens (tertiary/aromatic N) is 2. The van der Waals surface area contributed by atoms with Gasteiger partial charge in [-0.15, -0.1) is 0 Å². The monoisotopic (exact) mass is 556 g/mol. The largest absolute Gasteiger partial charge is 0.508 e. The van der Waals surface area contributed by atoms with Crippen LogP contribution in [-0.4, -0.2) is 89.2 Å². The molecule has 0 aromatic heterocycles. The summed E-state index contributed by atoms with van der Waals surface area (Å²) in [5.74, 6) is -6.09. The summed E-state index contributed by atoms with van der Waals surface area (Å²) < 4.78 is 0. The molecule has 218 valence electrons. The molecule has 1 fully saturated rings. The first-order valence-corrected chi connectivity index (χ1v) is 13.6. The summed E-state index contributed by atoms with van der Waals surface area (Å²) in [7, 11) is 6.85. The molecule has 11 nitrogen and oxygen atoms in total. The highest BCUT2D eigenvalue weighted by Crippen LogP contribution is 2.54. The summed E-state index contributed by atoms with van der Waals surface area (Å²) >= 11 is 0. The Balaban J connectivity index is 1.90. The number of nitrogens with two attached hydrogens (primary N) is 1. The Morgan fingerprint density at radius 1 is 1.20 bits per heavy atom. The standard InChI is InChI=1S/C29H40N4O7/c1-7-13(2)11-31-12-15-10-18(32(3)4)16-8-14-9-17-22(33(5)6)25(36)21(28(30)39)27(38)29(17,40)26(37)19(14)24(35)20(16)23(15)34/h10,13-14,17,22,31,34-35,38,40H,7-9,11-12H2,1-6H3,(H2,30,39)/t13?,14-,17-,22-,29-/m1/s1. The molecule has 0 heterocycles. The Morgan fingerprint density at radius 2 is 1.85 bits per heavy atom. The van der Waals surface area contributed by atoms with Crippen LogP contribution in [0.25, 0.3) is 5.76 Å². The molecule has 11 heteroatoms. The van der Waals surface area contributed by atoms with Gasteiger partial charge < -0.3 is 36.4 Å². The number of aliphatic hydroxyl groups is 3. The molecule has 1 saturated carbocycles. The fraction of sp³-hybridized carbons (Fsp3) is 0.552. The molecule has 3 aliphatic rings. The van der Waals surface area contributed by atoms with Crippen molar-refractivity contribution in [3.63, 3.8) is 0 Å². The van der Waals surface area contributed by atoms with Crippen molar-refractivity contribution in [3.8, 4) is 5.75 Å². The van der Waals surface area contributed by atoms with Crippen LogP contribution >= 0.6 is 0 Å². The van der Waals surface area contributed by atoms with E-state index in [4.69, 9.17) is 5.73 Å². The smallest absolute Gasteiger partial charge is 0.255 e. The zero-order valence-corrected chi connectivity index (χ0v) is 23.9. The highest BCUT2D eigenvalue weighted by atomic mass is 16.3. The van der Waals surface area contributed by atoms with Crippen LogP contribution in [0.2, 0.25) is 0 Å². The van der Waals surface area contributed by atoms with Gasteiger partial charge in [-0.2, -0.15) is 0 Å². The molecule has 1 aromatic rings. The van der Waals surface area contributed by atoms with Crippen molar-refractivity contribution in [2.45, 2.75) is 51.3 Å². The normalized spacial score (nSPS) is 26.9. The minimum Gasteiger partial charge on any atom is -0.508 e. The quantitative estimate of drug-likeness (QED) is 0.255. The molecule has 0 spiro atoms. The van der Waals surface area contributed by atoms with Crippen molar-refractivity contribution in [2.24, 2.45) is 23.5 Å². The first-order chi connectivity index (χ1) is 18.7. The maximum absolute atomic E-state index is 14.0. The first-order valence-electron chi connectivity index (χ1n) is 13.6. The number of carbonyl (C=O) groups is 3. The van der Waals surface area contributed by atoms with Crippen molar-refractivity contribution in [1.82, 2.24) is 10.2 Å². The van der Waals surface area contributed by atoms with Crippen LogP contribution in [0.1, 0.15) is 43.4 Å². The number of ketones is 2. The molecular weight excluding hydrogens is 516 g/mol. The number of rotatable bonds is 8. The minimum atomic E-state index is -2.65. The van der Waals surface area contributed by atoms with E-state index >= 15 is 0 Å². The number of fused-ring (bicyclic) bond motifs is 3. The number of amides is 1. The Labute approximate surface area is 233 Å². The van der Waals surface area contributed by atoms with Crippen LogP contribution in [0, 0.1) is 17.8 Å². The molecule has 40 heavy (non-hydrogen) atoms. The van der Waals surface area contributed by atoms with Gasteiger partial charge in [0.15, 0.2) is 11.4 Å². The summed E-state index contributed by atoms with van der Waals surface area (Å²) in [4.78, 5) is 42.8. The highest BCUT2D eigenvalue weighted by molar-refractivity contribution is 6.24. The lowest BCUT2D eigenvalue weighted by Crippen LogP contribution is -2.65. The summed E-state index contributed by atoms with van der Waals surface area (Å²) in [5, 5.41) is 49.0. The van der Waals surface area contributed by atoms with E-state index < -0.39 is 58.0 Å². The SMILES string of the molecule is CCC(C)CNCc1cc(N(C)C)c2c(c1O)C(O)=C1C(=O)[C@@]3(O)C(O)=C(C(N)=O)C(=O)[C@H](N(C)C)[C@H]3C[C@H]1C2. The number of hydrogen-bond acceptors (Lipinski definition) is 10. The fourth-order valence-corrected chi connectivity index (χ4v) is 6.48. The number of phenolic OH excluding ortho intramolecular Hbond substituents is 1. The number of carbonyl (C=O) groups excluding carboxylic acids is 3. The number of anilines is 1. The summed E-state index contributed by atoms with van der Waals surface area (Å²) in [5.41, 5.74) is 3.78. The minimum absolute atomic E-state index is 0.0532. The van der Waals surface area contributed by atoms with Gasteiger partial charge in [0.25, 0.3) is 5.91 Å². The van der Waals surface area contributed by atoms with Gasteiger partial charge in [-0.3, -0.25) is 19.3 Å². The van der Waals surface area contributed by atoms with Crippen molar-refractivity contribution in [3.05, 3.63) is 39.7 Å². The predicted molar refractivity (Wildman–Crippen MR) is 150 cm³/mol. The van der Waals surface area contributed by atoms with Gasteiger partial charge in [0.2, 0.25) is 5.78 Å². The second-order valence-electron chi connectivity index (χ2n) is 11.8. The van der Waals surface area contributed by atoms with Crippen LogP contribution in [0.15, 0.2) is 23.0 Å². The van der Waals surface area contributed by atoms with Gasteiger partial charge in [-0.05, 0) is 56.9 Å². The first kappa shape index (κ1) is 29.6. The number of aliphatic hydroxyl groups excluding tert-OH is 2. The van der Waals surface area contributed by atoms with E-state index in [0.717, 1.165) is 18.7 Å². The third kappa shape index (κ3) is 4.36. The fourth-order valence-electron chi connectivity index (χ4n) is 6.48. The summed E-state index contributed by atoms with van der Waals surface area (Å²) in [6.07, 6.45) is 1.29. The number of likely N-dealkylation sites (N-methyl/N-ethyl adjacent to an activating group) is 1. The molecular formula is C29H40N4O7. The van der Waals surface area contributed by atoms with Crippen molar-refractivity contribution in [2.75, 3.05) is 39.6 Å². The third-order valence-electron chi connectivity index (χ3n) is 8.76. The van der Waals surface area contributed by atoms with Crippen LogP contribution in [-0.2, 0) is 27.3 Å². The van der Waals surface area contributed by atoms with Gasteiger partial charge in [-0.25, -0.2) is 0 Å². The lowest BCUT2D eigenvalue weighted by atomic mass is 9.57. The number of benzene rings is 1. The third-order valence-corrected chi connectivity index (χ3v) is 8.76. The molecule has 0 saturated heterocycles. The van der Waals surface area contributed by atoms with E-state index in [1.54, 1.807) is 14.1 Å². The second kappa shape index (κ2) is 10.5. The number of hydrogen-bond donors (Lipinski definition) is 6. The predicted octanol–water partition coefficient (Wildman–Crippen LogP) is 1.17. The van der Waals surface area contributed by atoms with E-state index in [2.05, 4.69) is 19.2 Å². The molecule has 0 radical (unpaired) electrons. The van der Waals surface area contributed by atoms with Crippen LogP contribution < -0.4 is 16.0 Å². The van der Waals surface area contributed by atoms with E-state index in [9.17, 15) is 34.8 Å². The molecule has 1 aromatic carbocycles. The second-order valence-corrected chi connectivity index (χ2v) is 11.8. The highest BCUT2D eigenvalue weighted by Gasteiger charge is 2.64. The summed E-state index contributed by atoms with van der Waals surface area (Å²) in [6.45, 7) is 5.26. The Bertz CT molecular complexity index is 1330. The lowest BCUT2D eigenvalue weighted by molar-refractivity contribution is -0.153. The topological polar surface area (TPSA) is 177 Å². The Morgan fingerprint density at radius 3 is 2.40 bits per heavy atom. The van der Waals surface area contributed by atoms with Crippen LogP contribution in [0.4, 0.5) is 5.69 Å². The number of nitrogens with one attached hydrogen (secondary N) is 1. The number of aromatic hydroxyl groups is 1. The molecule has 7 N–H and O–H groups in total. The molecule has 3 aliphatic carbocycles. The van der Waals surface area contributed by atoms with Crippen molar-refractivity contribution < 1.29 is 34.8 Å². The van der Waals surface area contributed by atoms with Gasteiger partial charge in [0.1, 0.15) is 22.8 Å². The molecule has 0 aliphatic heterocycles. The average molecular weight is 557 g/mol. The zero-order chi connectivity index (χ0) is 29.8. The van der Waals surface area contributed by atoms with Crippen LogP contribution in [0.5, 0.6) is 5.75 Å². The summed E-state index contributed by atoms with van der Waals surface area (Å²) in [6, 6.07) is 0.746. The molecule has 5 atom stereocenters. The maximum Gasteiger partial charge on any atom is 0.255 e. The van der Waals surface area contributed by atoms with Gasteiger partial charge in [-0.1, -0.05) is 20.3 Å². The van der Waals surface area contributed by atoms with Gasteiger partial charge in [0.05, 0.1) is 11.6 Å². The maximum atomic E-state index is 14.0.